The average molecular weight is 169 g/mol. The van der Waals surface area contributed by atoms with Crippen LogP contribution in [0.3, 0.4) is 0 Å². The number of aromatic nitrogens is 3. The lowest BCUT2D eigenvalue weighted by Crippen LogP contribution is -2.22. The van der Waals surface area contributed by atoms with Gasteiger partial charge < -0.3 is 11.1 Å². The molecule has 12 heavy (non-hydrogen) atoms. The van der Waals surface area contributed by atoms with Crippen molar-refractivity contribution in [3.63, 3.8) is 0 Å². The van der Waals surface area contributed by atoms with E-state index in [1.807, 2.05) is 6.92 Å². The topological polar surface area (TPSA) is 79.6 Å². The van der Waals surface area contributed by atoms with Crippen molar-refractivity contribution in [3.8, 4) is 0 Å². The van der Waals surface area contributed by atoms with E-state index in [1.54, 1.807) is 0 Å². The minimum absolute atomic E-state index is 0.221. The van der Waals surface area contributed by atoms with Gasteiger partial charge in [0.1, 0.15) is 12.2 Å². The SMILES string of the molecule is CC(NCCCN)c1ncn[nH]1. The first-order chi connectivity index (χ1) is 5.84. The van der Waals surface area contributed by atoms with Gasteiger partial charge in [0.05, 0.1) is 6.04 Å². The van der Waals surface area contributed by atoms with Gasteiger partial charge >= 0.3 is 0 Å². The minimum Gasteiger partial charge on any atom is -0.330 e. The fourth-order valence-corrected chi connectivity index (χ4v) is 0.941. The van der Waals surface area contributed by atoms with Gasteiger partial charge in [-0.2, -0.15) is 5.10 Å². The van der Waals surface area contributed by atoms with E-state index in [0.29, 0.717) is 0 Å². The van der Waals surface area contributed by atoms with Crippen molar-refractivity contribution in [1.82, 2.24) is 20.5 Å². The van der Waals surface area contributed by atoms with Crippen molar-refractivity contribution in [1.29, 1.82) is 0 Å². The molecule has 0 amide bonds. The van der Waals surface area contributed by atoms with Crippen LogP contribution >= 0.6 is 0 Å². The summed E-state index contributed by atoms with van der Waals surface area (Å²) in [5.41, 5.74) is 5.36. The third-order valence-corrected chi connectivity index (χ3v) is 1.68. The second kappa shape index (κ2) is 4.84. The monoisotopic (exact) mass is 169 g/mol. The van der Waals surface area contributed by atoms with Crippen molar-refractivity contribution in [3.05, 3.63) is 12.2 Å². The van der Waals surface area contributed by atoms with Crippen molar-refractivity contribution < 1.29 is 0 Å². The van der Waals surface area contributed by atoms with Gasteiger partial charge in [0.25, 0.3) is 0 Å². The highest BCUT2D eigenvalue weighted by molar-refractivity contribution is 4.88. The van der Waals surface area contributed by atoms with E-state index in [2.05, 4.69) is 20.5 Å². The van der Waals surface area contributed by atoms with Crippen molar-refractivity contribution in [2.75, 3.05) is 13.1 Å². The summed E-state index contributed by atoms with van der Waals surface area (Å²) in [6.45, 7) is 3.67. The molecular weight excluding hydrogens is 154 g/mol. The Hall–Kier alpha value is -0.940. The zero-order valence-corrected chi connectivity index (χ0v) is 7.25. The molecule has 0 aliphatic carbocycles. The Morgan fingerprint density at radius 3 is 3.17 bits per heavy atom. The van der Waals surface area contributed by atoms with E-state index >= 15 is 0 Å². The zero-order chi connectivity index (χ0) is 8.81. The lowest BCUT2D eigenvalue weighted by Gasteiger charge is -2.09. The summed E-state index contributed by atoms with van der Waals surface area (Å²) in [6, 6.07) is 0.221. The number of nitrogens with zero attached hydrogens (tertiary/aromatic N) is 2. The van der Waals surface area contributed by atoms with Gasteiger partial charge in [0.15, 0.2) is 0 Å². The molecule has 0 bridgehead atoms. The van der Waals surface area contributed by atoms with Gasteiger partial charge in [-0.05, 0) is 26.4 Å². The van der Waals surface area contributed by atoms with Crippen molar-refractivity contribution in [2.45, 2.75) is 19.4 Å². The highest BCUT2D eigenvalue weighted by Gasteiger charge is 2.05. The van der Waals surface area contributed by atoms with E-state index in [0.717, 1.165) is 25.3 Å². The lowest BCUT2D eigenvalue weighted by atomic mass is 10.3. The van der Waals surface area contributed by atoms with Gasteiger partial charge in [-0.15, -0.1) is 0 Å². The van der Waals surface area contributed by atoms with Crippen molar-refractivity contribution >= 4 is 0 Å². The van der Waals surface area contributed by atoms with Crippen LogP contribution in [0, 0.1) is 0 Å². The molecule has 0 radical (unpaired) electrons. The molecule has 4 N–H and O–H groups in total. The van der Waals surface area contributed by atoms with Crippen LogP contribution in [0.25, 0.3) is 0 Å². The fourth-order valence-electron chi connectivity index (χ4n) is 0.941. The number of aromatic amines is 1. The summed E-state index contributed by atoms with van der Waals surface area (Å²) < 4.78 is 0. The molecule has 0 spiro atoms. The third kappa shape index (κ3) is 2.60. The van der Waals surface area contributed by atoms with Crippen molar-refractivity contribution in [2.24, 2.45) is 5.73 Å². The van der Waals surface area contributed by atoms with Crippen LogP contribution in [0.5, 0.6) is 0 Å². The van der Waals surface area contributed by atoms with Crippen LogP contribution in [0.2, 0.25) is 0 Å². The van der Waals surface area contributed by atoms with Gasteiger partial charge in [-0.25, -0.2) is 4.98 Å². The van der Waals surface area contributed by atoms with Gasteiger partial charge in [-0.1, -0.05) is 0 Å². The van der Waals surface area contributed by atoms with E-state index in [9.17, 15) is 0 Å². The maximum absolute atomic E-state index is 5.36. The Morgan fingerprint density at radius 1 is 1.75 bits per heavy atom. The third-order valence-electron chi connectivity index (χ3n) is 1.68. The van der Waals surface area contributed by atoms with Crippen LogP contribution < -0.4 is 11.1 Å². The van der Waals surface area contributed by atoms with E-state index in [1.165, 1.54) is 6.33 Å². The molecule has 5 nitrogen and oxygen atoms in total. The predicted octanol–water partition coefficient (Wildman–Crippen LogP) is -0.196. The number of rotatable bonds is 5. The highest BCUT2D eigenvalue weighted by Crippen LogP contribution is 2.02. The largest absolute Gasteiger partial charge is 0.330 e. The normalized spacial score (nSPS) is 13.2. The fraction of sp³-hybridized carbons (Fsp3) is 0.714. The van der Waals surface area contributed by atoms with Crippen LogP contribution in [0.15, 0.2) is 6.33 Å². The van der Waals surface area contributed by atoms with Crippen LogP contribution in [-0.4, -0.2) is 28.3 Å². The summed E-state index contributed by atoms with van der Waals surface area (Å²) in [6.07, 6.45) is 2.49. The molecule has 1 rings (SSSR count). The van der Waals surface area contributed by atoms with Gasteiger partial charge in [0, 0.05) is 0 Å². The number of H-pyrrole nitrogens is 1. The molecule has 1 aromatic heterocycles. The second-order valence-electron chi connectivity index (χ2n) is 2.69. The molecule has 0 fully saturated rings. The first-order valence-electron chi connectivity index (χ1n) is 4.13. The second-order valence-corrected chi connectivity index (χ2v) is 2.69. The van der Waals surface area contributed by atoms with Crippen LogP contribution in [0.1, 0.15) is 25.2 Å². The molecular formula is C7H15N5. The molecule has 0 saturated heterocycles. The molecule has 0 aliphatic rings. The Morgan fingerprint density at radius 2 is 2.58 bits per heavy atom. The molecule has 1 unspecified atom stereocenters. The van der Waals surface area contributed by atoms with Gasteiger partial charge in [-0.3, -0.25) is 5.10 Å². The Labute approximate surface area is 71.8 Å². The summed E-state index contributed by atoms with van der Waals surface area (Å²) >= 11 is 0. The number of hydrogen-bond donors (Lipinski definition) is 3. The minimum atomic E-state index is 0.221. The average Bonchev–Trinajstić information content (AvgIpc) is 2.56. The predicted molar refractivity (Wildman–Crippen MR) is 46.5 cm³/mol. The molecule has 1 aromatic rings. The summed E-state index contributed by atoms with van der Waals surface area (Å²) in [4.78, 5) is 4.03. The number of nitrogens with two attached hydrogens (primary N) is 1. The molecule has 0 aromatic carbocycles. The van der Waals surface area contributed by atoms with E-state index in [4.69, 9.17) is 5.73 Å². The first-order valence-corrected chi connectivity index (χ1v) is 4.13. The number of nitrogens with one attached hydrogen (secondary N) is 2. The maximum atomic E-state index is 5.36. The van der Waals surface area contributed by atoms with Crippen LogP contribution in [-0.2, 0) is 0 Å². The molecule has 0 saturated carbocycles. The highest BCUT2D eigenvalue weighted by atomic mass is 15.2. The first kappa shape index (κ1) is 9.15. The molecule has 1 heterocycles. The maximum Gasteiger partial charge on any atom is 0.141 e. The lowest BCUT2D eigenvalue weighted by molar-refractivity contribution is 0.539. The summed E-state index contributed by atoms with van der Waals surface area (Å²) in [5, 5.41) is 9.85. The molecule has 5 heteroatoms. The molecule has 68 valence electrons. The zero-order valence-electron chi connectivity index (χ0n) is 7.25. The van der Waals surface area contributed by atoms with Crippen LogP contribution in [0.4, 0.5) is 0 Å². The summed E-state index contributed by atoms with van der Waals surface area (Å²) in [5.74, 6) is 0.868. The molecule has 0 aliphatic heterocycles. The Kier molecular flexibility index (Phi) is 3.69. The summed E-state index contributed by atoms with van der Waals surface area (Å²) in [7, 11) is 0. The van der Waals surface area contributed by atoms with E-state index < -0.39 is 0 Å². The standard InChI is InChI=1S/C7H15N5/c1-6(9-4-2-3-8)7-10-5-11-12-7/h5-6,9H,2-4,8H2,1H3,(H,10,11,12). The number of hydrogen-bond acceptors (Lipinski definition) is 4. The van der Waals surface area contributed by atoms with E-state index in [-0.39, 0.29) is 6.04 Å². The smallest absolute Gasteiger partial charge is 0.141 e. The quantitative estimate of drug-likeness (QED) is 0.533. The molecule has 1 atom stereocenters. The Bertz CT molecular complexity index is 196. The Balaban J connectivity index is 2.25. The van der Waals surface area contributed by atoms with Gasteiger partial charge in [0.2, 0.25) is 0 Å².